The molecule has 0 bridgehead atoms. The normalized spacial score (nSPS) is 15.7. The molecular weight excluding hydrogens is 480 g/mol. The molecule has 0 saturated heterocycles. The number of amides is 2. The lowest BCUT2D eigenvalue weighted by Crippen LogP contribution is -2.14. The maximum atomic E-state index is 12.5. The van der Waals surface area contributed by atoms with Crippen LogP contribution in [0.5, 0.6) is 11.5 Å². The standard InChI is InChI=1S/C30H22N4O4/c1-37-25-15-17(11-13-23(25)31-27-19-7-3-5-9-21(19)33-29(27)35)18-12-14-24(26(16-18)38-2)32-28-20-8-4-6-10-22(20)34-30(28)36/h3-16H,1-2H3,(H,31,33,35)(H,32,34,36). The van der Waals surface area contributed by atoms with E-state index in [4.69, 9.17) is 9.47 Å². The quantitative estimate of drug-likeness (QED) is 0.375. The van der Waals surface area contributed by atoms with Crippen LogP contribution in [0.15, 0.2) is 94.9 Å². The molecule has 4 aromatic rings. The number of nitrogens with one attached hydrogen (secondary N) is 2. The van der Waals surface area contributed by atoms with Crippen molar-refractivity contribution in [3.05, 3.63) is 96.1 Å². The number of benzene rings is 4. The van der Waals surface area contributed by atoms with E-state index in [1.807, 2.05) is 84.9 Å². The number of nitrogens with zero attached hydrogens (tertiary/aromatic N) is 2. The molecule has 186 valence electrons. The zero-order valence-electron chi connectivity index (χ0n) is 20.6. The highest BCUT2D eigenvalue weighted by atomic mass is 16.5. The van der Waals surface area contributed by atoms with E-state index in [2.05, 4.69) is 20.6 Å². The highest BCUT2D eigenvalue weighted by Gasteiger charge is 2.27. The second-order valence-corrected chi connectivity index (χ2v) is 8.69. The number of methoxy groups -OCH3 is 2. The molecule has 0 radical (unpaired) electrons. The van der Waals surface area contributed by atoms with Crippen molar-refractivity contribution in [3.63, 3.8) is 0 Å². The Kier molecular flexibility index (Phi) is 5.69. The molecule has 6 rings (SSSR count). The van der Waals surface area contributed by atoms with E-state index in [0.717, 1.165) is 33.6 Å². The molecular formula is C30H22N4O4. The minimum absolute atomic E-state index is 0.252. The van der Waals surface area contributed by atoms with E-state index in [-0.39, 0.29) is 11.8 Å². The molecule has 2 heterocycles. The molecule has 2 N–H and O–H groups in total. The molecule has 0 saturated carbocycles. The number of anilines is 2. The molecule has 2 aliphatic rings. The van der Waals surface area contributed by atoms with Gasteiger partial charge in [0.05, 0.1) is 25.6 Å². The minimum atomic E-state index is -0.252. The fraction of sp³-hybridized carbons (Fsp3) is 0.0667. The van der Waals surface area contributed by atoms with E-state index in [0.29, 0.717) is 34.3 Å². The molecule has 0 aromatic heterocycles. The van der Waals surface area contributed by atoms with Crippen LogP contribution in [0.2, 0.25) is 0 Å². The summed E-state index contributed by atoms with van der Waals surface area (Å²) in [6, 6.07) is 26.0. The fourth-order valence-electron chi connectivity index (χ4n) is 4.57. The average molecular weight is 503 g/mol. The molecule has 2 aliphatic heterocycles. The Morgan fingerprint density at radius 1 is 0.579 bits per heavy atom. The maximum Gasteiger partial charge on any atom is 0.275 e. The number of para-hydroxylation sites is 2. The van der Waals surface area contributed by atoms with Crippen LogP contribution in [0.3, 0.4) is 0 Å². The Morgan fingerprint density at radius 2 is 1.00 bits per heavy atom. The summed E-state index contributed by atoms with van der Waals surface area (Å²) in [7, 11) is 3.13. The van der Waals surface area contributed by atoms with Crippen LogP contribution < -0.4 is 20.1 Å². The van der Waals surface area contributed by atoms with E-state index in [9.17, 15) is 9.59 Å². The van der Waals surface area contributed by atoms with Crippen LogP contribution in [-0.4, -0.2) is 37.5 Å². The summed E-state index contributed by atoms with van der Waals surface area (Å²) in [5, 5.41) is 5.67. The van der Waals surface area contributed by atoms with Gasteiger partial charge in [-0.25, -0.2) is 9.98 Å². The number of carbonyl (C=O) groups excluding carboxylic acids is 2. The van der Waals surface area contributed by atoms with Gasteiger partial charge in [0.2, 0.25) is 0 Å². The second kappa shape index (κ2) is 9.33. The van der Waals surface area contributed by atoms with Crippen LogP contribution in [0, 0.1) is 0 Å². The minimum Gasteiger partial charge on any atom is -0.494 e. The predicted octanol–water partition coefficient (Wildman–Crippen LogP) is 5.52. The largest absolute Gasteiger partial charge is 0.494 e. The Labute approximate surface area is 218 Å². The van der Waals surface area contributed by atoms with E-state index < -0.39 is 0 Å². The van der Waals surface area contributed by atoms with E-state index in [1.165, 1.54) is 0 Å². The highest BCUT2D eigenvalue weighted by molar-refractivity contribution is 6.54. The first-order valence-electron chi connectivity index (χ1n) is 11.9. The first-order valence-corrected chi connectivity index (χ1v) is 11.9. The van der Waals surface area contributed by atoms with Gasteiger partial charge in [-0.05, 0) is 47.5 Å². The zero-order chi connectivity index (χ0) is 26.2. The lowest BCUT2D eigenvalue weighted by atomic mass is 10.0. The number of hydrogen-bond acceptors (Lipinski definition) is 6. The number of carbonyl (C=O) groups is 2. The van der Waals surface area contributed by atoms with Crippen LogP contribution in [0.4, 0.5) is 22.7 Å². The third-order valence-corrected chi connectivity index (χ3v) is 6.45. The van der Waals surface area contributed by atoms with Crippen molar-refractivity contribution >= 4 is 46.0 Å². The van der Waals surface area contributed by atoms with Gasteiger partial charge in [0.25, 0.3) is 11.8 Å². The summed E-state index contributed by atoms with van der Waals surface area (Å²) in [5.74, 6) is 0.542. The zero-order valence-corrected chi connectivity index (χ0v) is 20.6. The van der Waals surface area contributed by atoms with E-state index in [1.54, 1.807) is 14.2 Å². The summed E-state index contributed by atoms with van der Waals surface area (Å²) in [6.45, 7) is 0. The molecule has 0 fully saturated rings. The summed E-state index contributed by atoms with van der Waals surface area (Å²) < 4.78 is 11.2. The van der Waals surface area contributed by atoms with Gasteiger partial charge in [-0.1, -0.05) is 48.5 Å². The Hall–Kier alpha value is -5.24. The number of hydrogen-bond donors (Lipinski definition) is 2. The lowest BCUT2D eigenvalue weighted by molar-refractivity contribution is -0.110. The molecule has 4 aromatic carbocycles. The molecule has 0 atom stereocenters. The summed E-state index contributed by atoms with van der Waals surface area (Å²) >= 11 is 0. The lowest BCUT2D eigenvalue weighted by Gasteiger charge is -2.11. The Balaban J connectivity index is 1.35. The van der Waals surface area contributed by atoms with Crippen molar-refractivity contribution < 1.29 is 19.1 Å². The van der Waals surface area contributed by atoms with Gasteiger partial charge in [0.1, 0.15) is 34.3 Å². The first-order chi connectivity index (χ1) is 18.6. The first kappa shape index (κ1) is 23.2. The number of ether oxygens (including phenoxy) is 2. The maximum absolute atomic E-state index is 12.5. The fourth-order valence-corrected chi connectivity index (χ4v) is 4.57. The second-order valence-electron chi connectivity index (χ2n) is 8.69. The van der Waals surface area contributed by atoms with Crippen LogP contribution in [0.25, 0.3) is 11.1 Å². The van der Waals surface area contributed by atoms with Crippen molar-refractivity contribution in [2.75, 3.05) is 24.9 Å². The van der Waals surface area contributed by atoms with Gasteiger partial charge in [-0.2, -0.15) is 0 Å². The van der Waals surface area contributed by atoms with Crippen molar-refractivity contribution in [2.24, 2.45) is 9.98 Å². The smallest absolute Gasteiger partial charge is 0.275 e. The van der Waals surface area contributed by atoms with Gasteiger partial charge < -0.3 is 20.1 Å². The van der Waals surface area contributed by atoms with Crippen molar-refractivity contribution in [1.29, 1.82) is 0 Å². The van der Waals surface area contributed by atoms with Crippen molar-refractivity contribution in [3.8, 4) is 22.6 Å². The van der Waals surface area contributed by atoms with Gasteiger partial charge >= 0.3 is 0 Å². The summed E-state index contributed by atoms with van der Waals surface area (Å²) in [5.41, 5.74) is 6.48. The van der Waals surface area contributed by atoms with Crippen LogP contribution in [0.1, 0.15) is 11.1 Å². The van der Waals surface area contributed by atoms with Gasteiger partial charge in [0, 0.05) is 11.1 Å². The molecule has 2 amide bonds. The average Bonchev–Trinajstić information content (AvgIpc) is 3.44. The number of rotatable bonds is 5. The molecule has 8 heteroatoms. The van der Waals surface area contributed by atoms with E-state index >= 15 is 0 Å². The third kappa shape index (κ3) is 3.98. The third-order valence-electron chi connectivity index (χ3n) is 6.45. The molecule has 38 heavy (non-hydrogen) atoms. The molecule has 8 nitrogen and oxygen atoms in total. The predicted molar refractivity (Wildman–Crippen MR) is 148 cm³/mol. The SMILES string of the molecule is COc1cc(-c2ccc(N=C3C(=O)Nc4ccccc43)c(OC)c2)ccc1N=C1C(=O)Nc2ccccc21. The van der Waals surface area contributed by atoms with Gasteiger partial charge in [-0.3, -0.25) is 9.59 Å². The van der Waals surface area contributed by atoms with Crippen LogP contribution >= 0.6 is 0 Å². The molecule has 0 aliphatic carbocycles. The number of fused-ring (bicyclic) bond motifs is 2. The summed E-state index contributed by atoms with van der Waals surface area (Å²) in [6.07, 6.45) is 0. The molecule has 0 spiro atoms. The topological polar surface area (TPSA) is 101 Å². The van der Waals surface area contributed by atoms with Crippen molar-refractivity contribution in [1.82, 2.24) is 0 Å². The van der Waals surface area contributed by atoms with Crippen molar-refractivity contribution in [2.45, 2.75) is 0 Å². The van der Waals surface area contributed by atoms with Gasteiger partial charge in [-0.15, -0.1) is 0 Å². The van der Waals surface area contributed by atoms with Gasteiger partial charge in [0.15, 0.2) is 0 Å². The van der Waals surface area contributed by atoms with Crippen LogP contribution in [-0.2, 0) is 9.59 Å². The Morgan fingerprint density at radius 3 is 1.42 bits per heavy atom. The monoisotopic (exact) mass is 502 g/mol. The summed E-state index contributed by atoms with van der Waals surface area (Å²) in [4.78, 5) is 34.2. The number of aliphatic imine (C=N–C) groups is 2. The highest BCUT2D eigenvalue weighted by Crippen LogP contribution is 2.38. The molecule has 0 unspecified atom stereocenters. The Bertz CT molecular complexity index is 1560.